The van der Waals surface area contributed by atoms with Gasteiger partial charge in [-0.2, -0.15) is 5.26 Å². The van der Waals surface area contributed by atoms with E-state index in [-0.39, 0.29) is 43.7 Å². The number of unbranched alkanes of at least 4 members (excludes halogenated alkanes) is 1. The van der Waals surface area contributed by atoms with Crippen LogP contribution in [-0.2, 0) is 30.5 Å². The number of likely N-dealkylation sites (tertiary alicyclic amines) is 1. The molecule has 1 fully saturated rings. The number of nitrogens with zero attached hydrogens (tertiary/aromatic N) is 2. The number of carbonyl (C=O) groups excluding carboxylic acids is 5. The molecule has 1 aliphatic heterocycles. The monoisotopic (exact) mass is 640 g/mol. The van der Waals surface area contributed by atoms with Crippen molar-refractivity contribution in [3.8, 4) is 6.07 Å². The van der Waals surface area contributed by atoms with Gasteiger partial charge in [-0.3, -0.25) is 19.2 Å². The Morgan fingerprint density at radius 2 is 1.84 bits per heavy atom. The first-order chi connectivity index (χ1) is 21.0. The number of furan rings is 1. The van der Waals surface area contributed by atoms with E-state index in [4.69, 9.17) is 14.4 Å². The van der Waals surface area contributed by atoms with E-state index in [1.165, 1.54) is 6.07 Å². The van der Waals surface area contributed by atoms with E-state index in [0.717, 1.165) is 11.2 Å². The highest BCUT2D eigenvalue weighted by Crippen LogP contribution is 2.32. The maximum atomic E-state index is 13.5. The van der Waals surface area contributed by atoms with Gasteiger partial charge in [0.15, 0.2) is 0 Å². The Morgan fingerprint density at radius 1 is 1.13 bits per heavy atom. The average Bonchev–Trinajstić information content (AvgIpc) is 3.55. The van der Waals surface area contributed by atoms with Gasteiger partial charge in [0, 0.05) is 25.8 Å². The Morgan fingerprint density at radius 3 is 2.49 bits per heavy atom. The smallest absolute Gasteiger partial charge is 0.407 e. The number of amides is 5. The molecule has 1 aromatic rings. The molecule has 1 aliphatic rings. The molecule has 1 saturated heterocycles. The van der Waals surface area contributed by atoms with Crippen molar-refractivity contribution in [3.05, 3.63) is 23.7 Å². The lowest BCUT2D eigenvalue weighted by Crippen LogP contribution is -2.45. The molecule has 0 unspecified atom stereocenters. The largest absolute Gasteiger partial charge is 0.480 e. The molecular formula is C28H38F2N6O9. The second kappa shape index (κ2) is 16.4. The summed E-state index contributed by atoms with van der Waals surface area (Å²) in [6.07, 6.45) is -0.0368. The van der Waals surface area contributed by atoms with Crippen LogP contribution in [0.5, 0.6) is 0 Å². The third kappa shape index (κ3) is 13.2. The number of alkyl halides is 2. The lowest BCUT2D eigenvalue weighted by atomic mass is 10.1. The SMILES string of the molecule is CC(C)(C)OC(=O)NCCCC[C@H](NC(=O)CNC(=O)c1coc(CNC(=O)CCC(=O)N2CC(F)(F)C[C@H]2C#N)c1)C(=O)O. The second-order valence-corrected chi connectivity index (χ2v) is 11.4. The normalized spacial score (nSPS) is 16.2. The Kier molecular flexibility index (Phi) is 13.2. The van der Waals surface area contributed by atoms with Crippen LogP contribution in [-0.4, -0.2) is 88.9 Å². The Hall–Kier alpha value is -4.75. The fourth-order valence-electron chi connectivity index (χ4n) is 4.17. The van der Waals surface area contributed by atoms with E-state index < -0.39 is 78.8 Å². The lowest BCUT2D eigenvalue weighted by molar-refractivity contribution is -0.141. The number of aliphatic carboxylic acids is 1. The van der Waals surface area contributed by atoms with Gasteiger partial charge in [0.05, 0.1) is 31.3 Å². The van der Waals surface area contributed by atoms with Gasteiger partial charge in [-0.25, -0.2) is 18.4 Å². The van der Waals surface area contributed by atoms with Crippen molar-refractivity contribution in [1.29, 1.82) is 5.26 Å². The van der Waals surface area contributed by atoms with Crippen LogP contribution >= 0.6 is 0 Å². The number of carboxylic acids is 1. The molecule has 248 valence electrons. The van der Waals surface area contributed by atoms with Crippen LogP contribution in [0.2, 0.25) is 0 Å². The molecule has 2 atom stereocenters. The van der Waals surface area contributed by atoms with Crippen LogP contribution in [0, 0.1) is 11.3 Å². The first-order valence-corrected chi connectivity index (χ1v) is 14.2. The molecule has 15 nitrogen and oxygen atoms in total. The number of halogens is 2. The molecule has 5 amide bonds. The van der Waals surface area contributed by atoms with E-state index in [1.807, 2.05) is 0 Å². The summed E-state index contributed by atoms with van der Waals surface area (Å²) in [6, 6.07) is 0.502. The van der Waals surface area contributed by atoms with Crippen molar-refractivity contribution in [2.45, 2.75) is 89.4 Å². The summed E-state index contributed by atoms with van der Waals surface area (Å²) in [5.74, 6) is -7.02. The number of carboxylic acid groups (broad SMARTS) is 1. The van der Waals surface area contributed by atoms with Crippen molar-refractivity contribution in [2.75, 3.05) is 19.6 Å². The maximum absolute atomic E-state index is 13.5. The zero-order chi connectivity index (χ0) is 33.8. The van der Waals surface area contributed by atoms with Gasteiger partial charge < -0.3 is 40.4 Å². The number of nitriles is 1. The van der Waals surface area contributed by atoms with Crippen molar-refractivity contribution < 1.29 is 51.8 Å². The molecule has 2 heterocycles. The molecule has 0 spiro atoms. The van der Waals surface area contributed by atoms with Crippen molar-refractivity contribution in [1.82, 2.24) is 26.2 Å². The highest BCUT2D eigenvalue weighted by atomic mass is 19.3. The molecule has 45 heavy (non-hydrogen) atoms. The fraction of sp³-hybridized carbons (Fsp3) is 0.607. The van der Waals surface area contributed by atoms with Crippen LogP contribution in [0.15, 0.2) is 16.7 Å². The zero-order valence-corrected chi connectivity index (χ0v) is 25.2. The number of hydrogen-bond donors (Lipinski definition) is 5. The predicted molar refractivity (Wildman–Crippen MR) is 150 cm³/mol. The standard InChI is InChI=1S/C28H38F2N6O9/c1-27(2,3)45-26(43)32-9-5-4-6-20(25(41)42)35-22(38)14-34-24(40)17-10-19(44-15-17)13-33-21(37)7-8-23(39)36-16-28(29,30)11-18(36)12-31/h10,15,18,20H,4-9,11,13-14,16H2,1-3H3,(H,32,43)(H,33,37)(H,34,40)(H,35,38)(H,41,42)/t18-,20-/m0/s1. The molecule has 0 radical (unpaired) electrons. The van der Waals surface area contributed by atoms with Crippen molar-refractivity contribution in [3.63, 3.8) is 0 Å². The zero-order valence-electron chi connectivity index (χ0n) is 25.2. The molecule has 0 aromatic carbocycles. The number of rotatable bonds is 15. The lowest BCUT2D eigenvalue weighted by Gasteiger charge is -2.19. The molecule has 0 saturated carbocycles. The molecule has 2 rings (SSSR count). The molecular weight excluding hydrogens is 602 g/mol. The highest BCUT2D eigenvalue weighted by Gasteiger charge is 2.47. The minimum absolute atomic E-state index is 0.0204. The first-order valence-electron chi connectivity index (χ1n) is 14.2. The van der Waals surface area contributed by atoms with Gasteiger partial charge in [-0.15, -0.1) is 0 Å². The summed E-state index contributed by atoms with van der Waals surface area (Å²) in [5.41, 5.74) is -0.625. The Labute approximate surface area is 258 Å². The number of ether oxygens (including phenoxy) is 1. The summed E-state index contributed by atoms with van der Waals surface area (Å²) >= 11 is 0. The van der Waals surface area contributed by atoms with Crippen LogP contribution in [0.1, 0.15) is 75.4 Å². The molecule has 0 bridgehead atoms. The van der Waals surface area contributed by atoms with Gasteiger partial charge in [0.25, 0.3) is 11.8 Å². The highest BCUT2D eigenvalue weighted by molar-refractivity contribution is 5.96. The van der Waals surface area contributed by atoms with E-state index in [0.29, 0.717) is 12.8 Å². The van der Waals surface area contributed by atoms with Crippen LogP contribution < -0.4 is 21.3 Å². The maximum Gasteiger partial charge on any atom is 0.407 e. The summed E-state index contributed by atoms with van der Waals surface area (Å²) < 4.78 is 37.4. The van der Waals surface area contributed by atoms with Crippen LogP contribution in [0.3, 0.4) is 0 Å². The second-order valence-electron chi connectivity index (χ2n) is 11.4. The summed E-state index contributed by atoms with van der Waals surface area (Å²) in [7, 11) is 0. The molecule has 5 N–H and O–H groups in total. The van der Waals surface area contributed by atoms with E-state index >= 15 is 0 Å². The number of carbonyl (C=O) groups is 6. The fourth-order valence-corrected chi connectivity index (χ4v) is 4.17. The van der Waals surface area contributed by atoms with E-state index in [2.05, 4.69) is 21.3 Å². The number of nitrogens with one attached hydrogen (secondary N) is 4. The van der Waals surface area contributed by atoms with Gasteiger partial charge in [0.2, 0.25) is 17.7 Å². The molecule has 1 aromatic heterocycles. The van der Waals surface area contributed by atoms with E-state index in [1.54, 1.807) is 26.8 Å². The topological polar surface area (TPSA) is 220 Å². The van der Waals surface area contributed by atoms with Gasteiger partial charge in [-0.05, 0) is 46.1 Å². The Bertz CT molecular complexity index is 1290. The number of alkyl carbamates (subject to hydrolysis) is 1. The minimum Gasteiger partial charge on any atom is -0.480 e. The third-order valence-electron chi connectivity index (χ3n) is 6.31. The Balaban J connectivity index is 1.69. The van der Waals surface area contributed by atoms with Gasteiger partial charge >= 0.3 is 12.1 Å². The number of hydrogen-bond acceptors (Lipinski definition) is 9. The average molecular weight is 641 g/mol. The van der Waals surface area contributed by atoms with Gasteiger partial charge in [0.1, 0.15) is 29.7 Å². The predicted octanol–water partition coefficient (Wildman–Crippen LogP) is 1.43. The van der Waals surface area contributed by atoms with Crippen molar-refractivity contribution >= 4 is 35.7 Å². The van der Waals surface area contributed by atoms with Crippen LogP contribution in [0.4, 0.5) is 13.6 Å². The first kappa shape index (κ1) is 36.4. The third-order valence-corrected chi connectivity index (χ3v) is 6.31. The summed E-state index contributed by atoms with van der Waals surface area (Å²) in [4.78, 5) is 72.9. The summed E-state index contributed by atoms with van der Waals surface area (Å²) in [5, 5.41) is 28.1. The van der Waals surface area contributed by atoms with Gasteiger partial charge in [-0.1, -0.05) is 0 Å². The van der Waals surface area contributed by atoms with Crippen LogP contribution in [0.25, 0.3) is 0 Å². The summed E-state index contributed by atoms with van der Waals surface area (Å²) in [6.45, 7) is 3.87. The molecule has 0 aliphatic carbocycles. The molecule has 17 heteroatoms. The quantitative estimate of drug-likeness (QED) is 0.174. The van der Waals surface area contributed by atoms with E-state index in [9.17, 15) is 42.7 Å². The minimum atomic E-state index is -3.16. The van der Waals surface area contributed by atoms with Crippen molar-refractivity contribution in [2.24, 2.45) is 0 Å².